The molecule has 0 N–H and O–H groups in total. The Hall–Kier alpha value is -7.27. The molecule has 0 aliphatic carbocycles. The van der Waals surface area contributed by atoms with Crippen LogP contribution in [0.4, 0.5) is 0 Å². The maximum atomic E-state index is 5.22. The number of hydrogen-bond acceptors (Lipinski definition) is 4. The summed E-state index contributed by atoms with van der Waals surface area (Å²) >= 11 is 1.85. The molecule has 3 heterocycles. The van der Waals surface area contributed by atoms with E-state index in [0.29, 0.717) is 5.82 Å². The lowest BCUT2D eigenvalue weighted by molar-refractivity contribution is 1.18. The van der Waals surface area contributed by atoms with Crippen LogP contribution in [0.15, 0.2) is 213 Å². The molecular weight excluding hydrogens is 735 g/mol. The molecule has 4 heteroatoms. The van der Waals surface area contributed by atoms with Gasteiger partial charge in [-0.05, 0) is 83.1 Å². The average molecular weight is 776 g/mol. The predicted octanol–water partition coefficient (Wildman–Crippen LogP) is 15.5. The SMILES string of the molecule is C/C=C\C.c1ccc(-c2ccc(-c3ccc(-c4cc(-c5ccc(-c6ccc7sc8ccccc8c7c6)cc5)nc(-c5ccccc5-c5cccnc5)n4)cc3)cc2)cc1. The van der Waals surface area contributed by atoms with E-state index in [4.69, 9.17) is 9.97 Å². The normalized spacial score (nSPS) is 11.2. The zero-order valence-corrected chi connectivity index (χ0v) is 33.8. The largest absolute Gasteiger partial charge is 0.264 e. The Morgan fingerprint density at radius 3 is 1.44 bits per heavy atom. The minimum absolute atomic E-state index is 0.673. The summed E-state index contributed by atoms with van der Waals surface area (Å²) in [6.45, 7) is 4.00. The number of fused-ring (bicyclic) bond motifs is 3. The standard InChI is InChI=1S/C51H33N3S.C4H8/c1-2-9-34(10-3-1)35-16-18-36(19-17-35)37-20-24-39(25-21-37)47-32-48(54-51(53-47)45-14-5-4-12-43(45)42-11-8-30-52-33-42)40-26-22-38(23-27-40)41-28-29-50-46(31-41)44-13-6-7-15-49(44)55-50;1-3-4-2/h1-33H;3-4H,1-2H3/b;4-3-. The molecule has 0 bridgehead atoms. The molecule has 59 heavy (non-hydrogen) atoms. The molecule has 0 radical (unpaired) electrons. The van der Waals surface area contributed by atoms with Gasteiger partial charge in [-0.3, -0.25) is 4.98 Å². The lowest BCUT2D eigenvalue weighted by Crippen LogP contribution is -1.97. The van der Waals surface area contributed by atoms with Crippen molar-refractivity contribution in [2.45, 2.75) is 13.8 Å². The predicted molar refractivity (Wildman–Crippen MR) is 251 cm³/mol. The summed E-state index contributed by atoms with van der Waals surface area (Å²) in [5.74, 6) is 0.673. The first-order valence-electron chi connectivity index (χ1n) is 19.9. The van der Waals surface area contributed by atoms with Crippen LogP contribution in [0.3, 0.4) is 0 Å². The molecule has 0 saturated carbocycles. The molecule has 10 rings (SSSR count). The second-order valence-corrected chi connectivity index (χ2v) is 15.4. The van der Waals surface area contributed by atoms with Gasteiger partial charge in [0.2, 0.25) is 0 Å². The molecule has 0 spiro atoms. The molecule has 10 aromatic rings. The van der Waals surface area contributed by atoms with Crippen LogP contribution in [-0.4, -0.2) is 15.0 Å². The molecule has 0 aliphatic rings. The van der Waals surface area contributed by atoms with E-state index < -0.39 is 0 Å². The monoisotopic (exact) mass is 775 g/mol. The van der Waals surface area contributed by atoms with Gasteiger partial charge in [0.1, 0.15) is 0 Å². The van der Waals surface area contributed by atoms with Crippen molar-refractivity contribution < 1.29 is 0 Å². The zero-order chi connectivity index (χ0) is 40.0. The quantitative estimate of drug-likeness (QED) is 0.151. The van der Waals surface area contributed by atoms with Crippen LogP contribution in [0.1, 0.15) is 13.8 Å². The van der Waals surface area contributed by atoms with Crippen molar-refractivity contribution in [2.75, 3.05) is 0 Å². The Bertz CT molecular complexity index is 3020. The average Bonchev–Trinajstić information content (AvgIpc) is 3.70. The first-order valence-corrected chi connectivity index (χ1v) is 20.7. The summed E-state index contributed by atoms with van der Waals surface area (Å²) in [4.78, 5) is 14.8. The van der Waals surface area contributed by atoms with Crippen LogP contribution in [0, 0.1) is 0 Å². The van der Waals surface area contributed by atoms with Crippen LogP contribution >= 0.6 is 11.3 Å². The lowest BCUT2D eigenvalue weighted by Gasteiger charge is -2.13. The van der Waals surface area contributed by atoms with Crippen molar-refractivity contribution in [3.05, 3.63) is 213 Å². The van der Waals surface area contributed by atoms with Gasteiger partial charge in [0.05, 0.1) is 11.4 Å². The Labute approximate surface area is 349 Å². The number of thiophene rings is 1. The molecule has 282 valence electrons. The van der Waals surface area contributed by atoms with Crippen molar-refractivity contribution >= 4 is 31.5 Å². The fourth-order valence-corrected chi connectivity index (χ4v) is 8.46. The molecule has 3 aromatic heterocycles. The Morgan fingerprint density at radius 1 is 0.373 bits per heavy atom. The molecule has 7 aromatic carbocycles. The van der Waals surface area contributed by atoms with Crippen molar-refractivity contribution in [3.8, 4) is 78.4 Å². The molecule has 0 aliphatic heterocycles. The minimum atomic E-state index is 0.673. The molecule has 0 fully saturated rings. The third-order valence-electron chi connectivity index (χ3n) is 10.6. The van der Waals surface area contributed by atoms with Crippen molar-refractivity contribution in [1.29, 1.82) is 0 Å². The number of rotatable bonds is 7. The molecule has 0 unspecified atom stereocenters. The van der Waals surface area contributed by atoms with Gasteiger partial charge in [0.15, 0.2) is 5.82 Å². The van der Waals surface area contributed by atoms with Gasteiger partial charge in [0, 0.05) is 54.8 Å². The van der Waals surface area contributed by atoms with Gasteiger partial charge in [0.25, 0.3) is 0 Å². The maximum absolute atomic E-state index is 5.22. The van der Waals surface area contributed by atoms with Crippen molar-refractivity contribution in [3.63, 3.8) is 0 Å². The second kappa shape index (κ2) is 17.1. The van der Waals surface area contributed by atoms with Crippen molar-refractivity contribution in [2.24, 2.45) is 0 Å². The van der Waals surface area contributed by atoms with Crippen LogP contribution < -0.4 is 0 Å². The van der Waals surface area contributed by atoms with E-state index in [-0.39, 0.29) is 0 Å². The van der Waals surface area contributed by atoms with Crippen LogP contribution in [0.2, 0.25) is 0 Å². The van der Waals surface area contributed by atoms with Gasteiger partial charge in [-0.2, -0.15) is 0 Å². The van der Waals surface area contributed by atoms with Gasteiger partial charge in [-0.25, -0.2) is 9.97 Å². The van der Waals surface area contributed by atoms with Crippen LogP contribution in [0.5, 0.6) is 0 Å². The fraction of sp³-hybridized carbons (Fsp3) is 0.0364. The minimum Gasteiger partial charge on any atom is -0.264 e. The lowest BCUT2D eigenvalue weighted by atomic mass is 9.98. The summed E-state index contributed by atoms with van der Waals surface area (Å²) in [5.41, 5.74) is 13.9. The number of pyridine rings is 1. The maximum Gasteiger partial charge on any atom is 0.161 e. The van der Waals surface area contributed by atoms with Gasteiger partial charge >= 0.3 is 0 Å². The first-order chi connectivity index (χ1) is 29.1. The number of nitrogens with zero attached hydrogens (tertiary/aromatic N) is 3. The fourth-order valence-electron chi connectivity index (χ4n) is 7.37. The summed E-state index contributed by atoms with van der Waals surface area (Å²) in [7, 11) is 0. The highest BCUT2D eigenvalue weighted by atomic mass is 32.1. The highest BCUT2D eigenvalue weighted by Gasteiger charge is 2.15. The Kier molecular flexibility index (Phi) is 10.8. The highest BCUT2D eigenvalue weighted by molar-refractivity contribution is 7.25. The third-order valence-corrected chi connectivity index (χ3v) is 11.7. The zero-order valence-electron chi connectivity index (χ0n) is 33.0. The first kappa shape index (κ1) is 37.3. The molecule has 0 atom stereocenters. The van der Waals surface area contributed by atoms with E-state index in [0.717, 1.165) is 44.8 Å². The number of aromatic nitrogens is 3. The van der Waals surface area contributed by atoms with Crippen LogP contribution in [-0.2, 0) is 0 Å². The summed E-state index contributed by atoms with van der Waals surface area (Å²) in [6.07, 6.45) is 7.69. The summed E-state index contributed by atoms with van der Waals surface area (Å²) < 4.78 is 2.63. The van der Waals surface area contributed by atoms with Crippen molar-refractivity contribution in [1.82, 2.24) is 15.0 Å². The molecule has 0 saturated heterocycles. The topological polar surface area (TPSA) is 38.7 Å². The summed E-state index contributed by atoms with van der Waals surface area (Å²) in [5, 5.41) is 2.61. The number of allylic oxidation sites excluding steroid dienone is 2. The smallest absolute Gasteiger partial charge is 0.161 e. The molecule has 3 nitrogen and oxygen atoms in total. The van der Waals surface area contributed by atoms with E-state index in [1.54, 1.807) is 6.20 Å². The van der Waals surface area contributed by atoms with E-state index in [1.807, 2.05) is 61.7 Å². The third kappa shape index (κ3) is 8.00. The van der Waals surface area contributed by atoms with E-state index in [1.165, 1.54) is 48.0 Å². The van der Waals surface area contributed by atoms with Crippen LogP contribution in [0.25, 0.3) is 98.6 Å². The summed E-state index contributed by atoms with van der Waals surface area (Å²) in [6, 6.07) is 66.6. The van der Waals surface area contributed by atoms with E-state index in [9.17, 15) is 0 Å². The molecular formula is C55H41N3S. The van der Waals surface area contributed by atoms with Gasteiger partial charge in [-0.15, -0.1) is 11.3 Å². The van der Waals surface area contributed by atoms with E-state index in [2.05, 4.69) is 175 Å². The number of benzene rings is 7. The number of hydrogen-bond donors (Lipinski definition) is 0. The van der Waals surface area contributed by atoms with E-state index >= 15 is 0 Å². The Morgan fingerprint density at radius 2 is 0.847 bits per heavy atom. The highest BCUT2D eigenvalue weighted by Crippen LogP contribution is 2.38. The Balaban J connectivity index is 0.00000108. The second-order valence-electron chi connectivity index (χ2n) is 14.3. The van der Waals surface area contributed by atoms with Gasteiger partial charge in [-0.1, -0.05) is 170 Å². The molecule has 0 amide bonds. The van der Waals surface area contributed by atoms with Gasteiger partial charge < -0.3 is 0 Å².